The molecule has 31 heavy (non-hydrogen) atoms. The topological polar surface area (TPSA) is 57.7 Å². The van der Waals surface area contributed by atoms with Crippen molar-refractivity contribution in [2.45, 2.75) is 68.8 Å². The second kappa shape index (κ2) is 8.06. The molecule has 0 N–H and O–H groups in total. The van der Waals surface area contributed by atoms with Crippen LogP contribution in [0.15, 0.2) is 47.4 Å². The van der Waals surface area contributed by atoms with Crippen LogP contribution in [0.4, 0.5) is 0 Å². The third-order valence-electron chi connectivity index (χ3n) is 6.98. The highest BCUT2D eigenvalue weighted by molar-refractivity contribution is 7.89. The Labute approximate surface area is 185 Å². The predicted molar refractivity (Wildman–Crippen MR) is 120 cm³/mol. The molecule has 0 radical (unpaired) electrons. The van der Waals surface area contributed by atoms with Crippen molar-refractivity contribution in [3.63, 3.8) is 0 Å². The van der Waals surface area contributed by atoms with Gasteiger partial charge >= 0.3 is 0 Å². The minimum atomic E-state index is -3.58. The van der Waals surface area contributed by atoms with E-state index in [0.29, 0.717) is 24.2 Å². The number of carbonyl (C=O) groups excluding carboxylic acids is 1. The third-order valence-corrected chi connectivity index (χ3v) is 9.02. The first kappa shape index (κ1) is 20.7. The number of hydrogen-bond donors (Lipinski definition) is 0. The number of amides is 1. The van der Waals surface area contributed by atoms with Crippen molar-refractivity contribution in [3.05, 3.63) is 64.7 Å². The van der Waals surface area contributed by atoms with Gasteiger partial charge in [0.25, 0.3) is 5.91 Å². The summed E-state index contributed by atoms with van der Waals surface area (Å²) in [6, 6.07) is 13.9. The first-order valence-corrected chi connectivity index (χ1v) is 12.9. The van der Waals surface area contributed by atoms with Gasteiger partial charge in [-0.3, -0.25) is 4.79 Å². The molecule has 0 aromatic heterocycles. The maximum absolute atomic E-state index is 13.7. The average molecular weight is 439 g/mol. The van der Waals surface area contributed by atoms with Gasteiger partial charge in [0, 0.05) is 24.7 Å². The summed E-state index contributed by atoms with van der Waals surface area (Å²) in [6.45, 7) is 2.94. The molecule has 1 amide bonds. The number of hydrogen-bond acceptors (Lipinski definition) is 3. The molecule has 1 heterocycles. The molecule has 5 nitrogen and oxygen atoms in total. The van der Waals surface area contributed by atoms with E-state index in [1.54, 1.807) is 22.5 Å². The van der Waals surface area contributed by atoms with E-state index in [4.69, 9.17) is 0 Å². The molecule has 1 saturated carbocycles. The van der Waals surface area contributed by atoms with Gasteiger partial charge in [0.1, 0.15) is 0 Å². The number of carbonyl (C=O) groups is 1. The van der Waals surface area contributed by atoms with Crippen LogP contribution in [0.3, 0.4) is 0 Å². The molecule has 6 heteroatoms. The predicted octanol–water partition coefficient (Wildman–Crippen LogP) is 4.46. The first-order chi connectivity index (χ1) is 15.0. The number of aryl methyl sites for hydroxylation is 2. The maximum atomic E-state index is 13.7. The lowest BCUT2D eigenvalue weighted by atomic mass is 10.0. The summed E-state index contributed by atoms with van der Waals surface area (Å²) in [4.78, 5) is 16.0. The summed E-state index contributed by atoms with van der Waals surface area (Å²) in [5.41, 5.74) is 3.75. The fraction of sp³-hybridized carbons (Fsp3) is 0.480. The van der Waals surface area contributed by atoms with Crippen molar-refractivity contribution in [1.82, 2.24) is 9.21 Å². The largest absolute Gasteiger partial charge is 0.329 e. The molecule has 2 aromatic rings. The summed E-state index contributed by atoms with van der Waals surface area (Å²) < 4.78 is 28.2. The molecule has 0 unspecified atom stereocenters. The van der Waals surface area contributed by atoms with Crippen molar-refractivity contribution < 1.29 is 13.2 Å². The molecule has 1 saturated heterocycles. The molecule has 0 spiro atoms. The standard InChI is InChI=1S/C25H30N2O3S/c1-18-9-10-20(17-24(18)31(29,30)26-15-5-2-6-16-26)25(28)27(21-12-13-21)23-14-11-19-7-3-4-8-22(19)23/h3-4,7-10,17,21,23H,2,5-6,11-16H2,1H3/t23-/m0/s1. The SMILES string of the molecule is Cc1ccc(C(=O)N(C2CC2)[C@H]2CCc3ccccc32)cc1S(=O)(=O)N1CCCCC1. The molecule has 0 bridgehead atoms. The van der Waals surface area contributed by atoms with Crippen LogP contribution in [-0.4, -0.2) is 42.7 Å². The fourth-order valence-electron chi connectivity index (χ4n) is 5.14. The van der Waals surface area contributed by atoms with Gasteiger partial charge in [-0.2, -0.15) is 4.31 Å². The van der Waals surface area contributed by atoms with Crippen LogP contribution in [0.25, 0.3) is 0 Å². The zero-order valence-corrected chi connectivity index (χ0v) is 18.9. The fourth-order valence-corrected chi connectivity index (χ4v) is 6.91. The van der Waals surface area contributed by atoms with Gasteiger partial charge in [0.15, 0.2) is 0 Å². The molecule has 2 aromatic carbocycles. The molecule has 3 aliphatic rings. The molecule has 1 aliphatic heterocycles. The van der Waals surface area contributed by atoms with Gasteiger partial charge in [0.05, 0.1) is 10.9 Å². The summed E-state index contributed by atoms with van der Waals surface area (Å²) in [5, 5.41) is 0. The Hall–Kier alpha value is -2.18. The lowest BCUT2D eigenvalue weighted by Gasteiger charge is -2.31. The van der Waals surface area contributed by atoms with E-state index >= 15 is 0 Å². The van der Waals surface area contributed by atoms with E-state index in [9.17, 15) is 13.2 Å². The zero-order valence-electron chi connectivity index (χ0n) is 18.1. The van der Waals surface area contributed by atoms with Crippen LogP contribution >= 0.6 is 0 Å². The molecular formula is C25H30N2O3S. The van der Waals surface area contributed by atoms with Crippen LogP contribution in [0.5, 0.6) is 0 Å². The van der Waals surface area contributed by atoms with Crippen molar-refractivity contribution in [2.24, 2.45) is 0 Å². The van der Waals surface area contributed by atoms with Crippen molar-refractivity contribution in [3.8, 4) is 0 Å². The first-order valence-electron chi connectivity index (χ1n) is 11.5. The minimum absolute atomic E-state index is 0.0423. The van der Waals surface area contributed by atoms with Gasteiger partial charge in [-0.1, -0.05) is 36.8 Å². The van der Waals surface area contributed by atoms with Crippen molar-refractivity contribution >= 4 is 15.9 Å². The van der Waals surface area contributed by atoms with E-state index in [2.05, 4.69) is 18.2 Å². The Bertz CT molecular complexity index is 1100. The van der Waals surface area contributed by atoms with Crippen LogP contribution in [0.2, 0.25) is 0 Å². The lowest BCUT2D eigenvalue weighted by molar-refractivity contribution is 0.0658. The highest BCUT2D eigenvalue weighted by atomic mass is 32.2. The van der Waals surface area contributed by atoms with Gasteiger partial charge in [0.2, 0.25) is 10.0 Å². The average Bonchev–Trinajstić information content (AvgIpc) is 3.54. The summed E-state index contributed by atoms with van der Waals surface area (Å²) in [5.74, 6) is -0.0423. The second-order valence-corrected chi connectivity index (χ2v) is 11.0. The number of nitrogens with zero attached hydrogens (tertiary/aromatic N) is 2. The molecule has 5 rings (SSSR count). The molecule has 2 fully saturated rings. The van der Waals surface area contributed by atoms with E-state index in [0.717, 1.165) is 44.9 Å². The van der Waals surface area contributed by atoms with E-state index in [1.165, 1.54) is 11.1 Å². The number of benzene rings is 2. The molecule has 1 atom stereocenters. The van der Waals surface area contributed by atoms with Crippen LogP contribution in [-0.2, 0) is 16.4 Å². The van der Waals surface area contributed by atoms with E-state index in [1.807, 2.05) is 17.9 Å². The van der Waals surface area contributed by atoms with Crippen molar-refractivity contribution in [2.75, 3.05) is 13.1 Å². The van der Waals surface area contributed by atoms with Crippen LogP contribution in [0, 0.1) is 6.92 Å². The number of sulfonamides is 1. The molecular weight excluding hydrogens is 408 g/mol. The number of fused-ring (bicyclic) bond motifs is 1. The van der Waals surface area contributed by atoms with Crippen molar-refractivity contribution in [1.29, 1.82) is 0 Å². The van der Waals surface area contributed by atoms with Crippen LogP contribution < -0.4 is 0 Å². The Kier molecular flexibility index (Phi) is 5.39. The monoisotopic (exact) mass is 438 g/mol. The van der Waals surface area contributed by atoms with E-state index < -0.39 is 10.0 Å². The minimum Gasteiger partial charge on any atom is -0.329 e. The molecule has 164 valence electrons. The van der Waals surface area contributed by atoms with Crippen LogP contribution in [0.1, 0.15) is 71.6 Å². The molecule has 2 aliphatic carbocycles. The quantitative estimate of drug-likeness (QED) is 0.692. The second-order valence-electron chi connectivity index (χ2n) is 9.14. The van der Waals surface area contributed by atoms with Gasteiger partial charge in [-0.25, -0.2) is 8.42 Å². The van der Waals surface area contributed by atoms with Gasteiger partial charge in [-0.05, 0) is 74.3 Å². The Morgan fingerprint density at radius 2 is 1.74 bits per heavy atom. The Balaban J connectivity index is 1.48. The maximum Gasteiger partial charge on any atom is 0.254 e. The Morgan fingerprint density at radius 3 is 2.48 bits per heavy atom. The van der Waals surface area contributed by atoms with Gasteiger partial charge in [-0.15, -0.1) is 0 Å². The summed E-state index contributed by atoms with van der Waals surface area (Å²) in [7, 11) is -3.58. The smallest absolute Gasteiger partial charge is 0.254 e. The highest BCUT2D eigenvalue weighted by Gasteiger charge is 2.41. The lowest BCUT2D eigenvalue weighted by Crippen LogP contribution is -2.37. The number of piperidine rings is 1. The Morgan fingerprint density at radius 1 is 1.00 bits per heavy atom. The third kappa shape index (κ3) is 3.80. The summed E-state index contributed by atoms with van der Waals surface area (Å²) in [6.07, 6.45) is 6.83. The van der Waals surface area contributed by atoms with Gasteiger partial charge < -0.3 is 4.90 Å². The number of rotatable bonds is 5. The summed E-state index contributed by atoms with van der Waals surface area (Å²) >= 11 is 0. The van der Waals surface area contributed by atoms with E-state index in [-0.39, 0.29) is 22.9 Å². The highest BCUT2D eigenvalue weighted by Crippen LogP contribution is 2.42. The normalized spacial score (nSPS) is 21.6. The zero-order chi connectivity index (χ0) is 21.6.